The number of halogens is 2. The molecule has 0 saturated heterocycles. The SMILES string of the molecule is CCOC(=O)NCC1(C)CC(NC(=O)OCC(F)(F)CC)CC(C)(C)C1. The highest BCUT2D eigenvalue weighted by Gasteiger charge is 2.42. The Hall–Kier alpha value is -1.60. The first-order chi connectivity index (χ1) is 11.9. The van der Waals surface area contributed by atoms with E-state index in [1.165, 1.54) is 6.92 Å². The van der Waals surface area contributed by atoms with Gasteiger partial charge in [-0.1, -0.05) is 27.7 Å². The van der Waals surface area contributed by atoms with Crippen LogP contribution in [0.5, 0.6) is 0 Å². The number of rotatable bonds is 7. The van der Waals surface area contributed by atoms with Crippen LogP contribution in [0.4, 0.5) is 18.4 Å². The molecule has 2 N–H and O–H groups in total. The molecule has 0 spiro atoms. The maximum atomic E-state index is 13.2. The van der Waals surface area contributed by atoms with Gasteiger partial charge in [0.05, 0.1) is 6.61 Å². The first-order valence-corrected chi connectivity index (χ1v) is 9.12. The van der Waals surface area contributed by atoms with E-state index in [9.17, 15) is 18.4 Å². The lowest BCUT2D eigenvalue weighted by Crippen LogP contribution is -2.50. The first-order valence-electron chi connectivity index (χ1n) is 9.12. The average Bonchev–Trinajstić information content (AvgIpc) is 2.50. The Morgan fingerprint density at radius 1 is 1.12 bits per heavy atom. The largest absolute Gasteiger partial charge is 0.450 e. The Labute approximate surface area is 154 Å². The standard InChI is InChI=1S/C18H32F2N2O4/c1-6-18(19,20)12-26-15(24)22-13-8-16(3,4)10-17(5,9-13)11-21-14(23)25-7-2/h13H,6-12H2,1-5H3,(H,21,23)(H,22,24). The van der Waals surface area contributed by atoms with Gasteiger partial charge in [0.2, 0.25) is 0 Å². The maximum absolute atomic E-state index is 13.2. The number of nitrogens with one attached hydrogen (secondary N) is 2. The van der Waals surface area contributed by atoms with Gasteiger partial charge in [-0.3, -0.25) is 0 Å². The fraction of sp³-hybridized carbons (Fsp3) is 0.889. The summed E-state index contributed by atoms with van der Waals surface area (Å²) in [5.74, 6) is -3.01. The van der Waals surface area contributed by atoms with Gasteiger partial charge in [0, 0.05) is 19.0 Å². The maximum Gasteiger partial charge on any atom is 0.407 e. The van der Waals surface area contributed by atoms with Crippen LogP contribution in [0.3, 0.4) is 0 Å². The zero-order valence-corrected chi connectivity index (χ0v) is 16.4. The van der Waals surface area contributed by atoms with Crippen LogP contribution < -0.4 is 10.6 Å². The highest BCUT2D eigenvalue weighted by molar-refractivity contribution is 5.68. The second-order valence-electron chi connectivity index (χ2n) is 8.26. The van der Waals surface area contributed by atoms with Crippen LogP contribution in [0.2, 0.25) is 0 Å². The highest BCUT2D eigenvalue weighted by Crippen LogP contribution is 2.45. The molecule has 26 heavy (non-hydrogen) atoms. The molecule has 0 aromatic carbocycles. The fourth-order valence-corrected chi connectivity index (χ4v) is 3.82. The van der Waals surface area contributed by atoms with Gasteiger partial charge in [0.15, 0.2) is 6.61 Å². The smallest absolute Gasteiger partial charge is 0.407 e. The summed E-state index contributed by atoms with van der Waals surface area (Å²) in [5.41, 5.74) is -0.325. The number of amides is 2. The van der Waals surface area contributed by atoms with Gasteiger partial charge in [-0.05, 0) is 37.0 Å². The van der Waals surface area contributed by atoms with E-state index >= 15 is 0 Å². The molecule has 0 heterocycles. The predicted molar refractivity (Wildman–Crippen MR) is 94.3 cm³/mol. The topological polar surface area (TPSA) is 76.7 Å². The van der Waals surface area contributed by atoms with Crippen LogP contribution in [0.25, 0.3) is 0 Å². The summed E-state index contributed by atoms with van der Waals surface area (Å²) in [6.45, 7) is 9.06. The molecule has 0 bridgehead atoms. The summed E-state index contributed by atoms with van der Waals surface area (Å²) in [6.07, 6.45) is 0.495. The quantitative estimate of drug-likeness (QED) is 0.700. The van der Waals surface area contributed by atoms with E-state index < -0.39 is 24.7 Å². The van der Waals surface area contributed by atoms with Crippen LogP contribution in [-0.4, -0.2) is 43.9 Å². The lowest BCUT2D eigenvalue weighted by molar-refractivity contribution is -0.0582. The van der Waals surface area contributed by atoms with Crippen molar-refractivity contribution >= 4 is 12.2 Å². The van der Waals surface area contributed by atoms with Crippen molar-refractivity contribution in [1.82, 2.24) is 10.6 Å². The molecule has 152 valence electrons. The number of ether oxygens (including phenoxy) is 2. The lowest BCUT2D eigenvalue weighted by Gasteiger charge is -2.46. The molecule has 8 heteroatoms. The number of alkyl halides is 2. The van der Waals surface area contributed by atoms with Crippen molar-refractivity contribution in [1.29, 1.82) is 0 Å². The number of hydrogen-bond acceptors (Lipinski definition) is 4. The second kappa shape index (κ2) is 8.86. The number of hydrogen-bond donors (Lipinski definition) is 2. The molecule has 1 fully saturated rings. The lowest BCUT2D eigenvalue weighted by atomic mass is 9.62. The molecular weight excluding hydrogens is 346 g/mol. The molecule has 1 rings (SSSR count). The van der Waals surface area contributed by atoms with Crippen LogP contribution in [0.15, 0.2) is 0 Å². The Balaban J connectivity index is 2.62. The normalized spacial score (nSPS) is 25.3. The van der Waals surface area contributed by atoms with Crippen molar-refractivity contribution in [2.75, 3.05) is 19.8 Å². The van der Waals surface area contributed by atoms with Crippen molar-refractivity contribution in [2.24, 2.45) is 10.8 Å². The Morgan fingerprint density at radius 3 is 2.35 bits per heavy atom. The van der Waals surface area contributed by atoms with Crippen molar-refractivity contribution in [3.05, 3.63) is 0 Å². The van der Waals surface area contributed by atoms with Crippen molar-refractivity contribution in [3.63, 3.8) is 0 Å². The average molecular weight is 378 g/mol. The predicted octanol–water partition coefficient (Wildman–Crippen LogP) is 4.09. The zero-order valence-electron chi connectivity index (χ0n) is 16.4. The van der Waals surface area contributed by atoms with Gasteiger partial charge in [0.25, 0.3) is 5.92 Å². The summed E-state index contributed by atoms with van der Waals surface area (Å²) in [7, 11) is 0. The third kappa shape index (κ3) is 7.74. The van der Waals surface area contributed by atoms with E-state index in [-0.39, 0.29) is 23.3 Å². The molecular formula is C18H32F2N2O4. The van der Waals surface area contributed by atoms with Gasteiger partial charge >= 0.3 is 12.2 Å². The molecule has 2 atom stereocenters. The Kier molecular flexibility index (Phi) is 7.65. The Morgan fingerprint density at radius 2 is 1.77 bits per heavy atom. The molecule has 1 saturated carbocycles. The minimum absolute atomic E-state index is 0.0748. The monoisotopic (exact) mass is 378 g/mol. The number of alkyl carbamates (subject to hydrolysis) is 2. The summed E-state index contributed by atoms with van der Waals surface area (Å²) in [5, 5.41) is 5.45. The van der Waals surface area contributed by atoms with E-state index in [1.54, 1.807) is 6.92 Å². The second-order valence-corrected chi connectivity index (χ2v) is 8.26. The molecule has 1 aliphatic carbocycles. The van der Waals surface area contributed by atoms with Gasteiger partial charge in [0.1, 0.15) is 0 Å². The van der Waals surface area contributed by atoms with Gasteiger partial charge in [-0.2, -0.15) is 0 Å². The summed E-state index contributed by atoms with van der Waals surface area (Å²) in [6, 6.07) is -0.213. The molecule has 1 aliphatic rings. The van der Waals surface area contributed by atoms with E-state index in [0.29, 0.717) is 26.0 Å². The van der Waals surface area contributed by atoms with Gasteiger partial charge in [-0.15, -0.1) is 0 Å². The number of carbonyl (C=O) groups is 2. The van der Waals surface area contributed by atoms with Crippen LogP contribution in [0.1, 0.15) is 60.3 Å². The van der Waals surface area contributed by atoms with E-state index in [4.69, 9.17) is 4.74 Å². The van der Waals surface area contributed by atoms with E-state index in [0.717, 1.165) is 6.42 Å². The molecule has 2 amide bonds. The summed E-state index contributed by atoms with van der Waals surface area (Å²) >= 11 is 0. The van der Waals surface area contributed by atoms with Crippen molar-refractivity contribution < 1.29 is 27.8 Å². The van der Waals surface area contributed by atoms with Crippen LogP contribution in [-0.2, 0) is 9.47 Å². The minimum atomic E-state index is -3.01. The number of carbonyl (C=O) groups excluding carboxylic acids is 2. The molecule has 0 aliphatic heterocycles. The molecule has 6 nitrogen and oxygen atoms in total. The van der Waals surface area contributed by atoms with Crippen LogP contribution in [0, 0.1) is 10.8 Å². The minimum Gasteiger partial charge on any atom is -0.450 e. The molecule has 0 radical (unpaired) electrons. The molecule has 0 aromatic rings. The molecule has 2 unspecified atom stereocenters. The first kappa shape index (κ1) is 22.4. The van der Waals surface area contributed by atoms with Gasteiger partial charge in [-0.25, -0.2) is 18.4 Å². The fourth-order valence-electron chi connectivity index (χ4n) is 3.82. The summed E-state index contributed by atoms with van der Waals surface area (Å²) in [4.78, 5) is 23.5. The molecule has 0 aromatic heterocycles. The van der Waals surface area contributed by atoms with Crippen molar-refractivity contribution in [3.8, 4) is 0 Å². The van der Waals surface area contributed by atoms with E-state index in [2.05, 4.69) is 29.2 Å². The van der Waals surface area contributed by atoms with Gasteiger partial charge < -0.3 is 20.1 Å². The summed E-state index contributed by atoms with van der Waals surface area (Å²) < 4.78 is 36.0. The van der Waals surface area contributed by atoms with E-state index in [1.807, 2.05) is 6.92 Å². The third-order valence-corrected chi connectivity index (χ3v) is 4.63. The van der Waals surface area contributed by atoms with Crippen LogP contribution >= 0.6 is 0 Å². The van der Waals surface area contributed by atoms with Crippen molar-refractivity contribution in [2.45, 2.75) is 72.3 Å². The Bertz CT molecular complexity index is 500. The third-order valence-electron chi connectivity index (χ3n) is 4.63. The zero-order chi connectivity index (χ0) is 20.0. The highest BCUT2D eigenvalue weighted by atomic mass is 19.3.